The number of amides is 2. The summed E-state index contributed by atoms with van der Waals surface area (Å²) >= 11 is 0. The number of aryl methyl sites for hydroxylation is 3. The maximum atomic E-state index is 12.4. The van der Waals surface area contributed by atoms with Crippen LogP contribution in [-0.4, -0.2) is 6.03 Å². The predicted octanol–water partition coefficient (Wildman–Crippen LogP) is 4.37. The quantitative estimate of drug-likeness (QED) is 0.867. The second-order valence-electron chi connectivity index (χ2n) is 5.85. The molecule has 0 saturated carbocycles. The van der Waals surface area contributed by atoms with Crippen LogP contribution in [0.4, 0.5) is 10.5 Å². The van der Waals surface area contributed by atoms with Gasteiger partial charge in [0.1, 0.15) is 0 Å². The Hall–Kier alpha value is -2.29. The molecule has 0 spiro atoms. The number of nitrogens with one attached hydrogen (secondary N) is 2. The Labute approximate surface area is 131 Å². The Kier molecular flexibility index (Phi) is 4.14. The van der Waals surface area contributed by atoms with E-state index in [-0.39, 0.29) is 12.1 Å². The van der Waals surface area contributed by atoms with Crippen molar-refractivity contribution in [1.82, 2.24) is 5.32 Å². The van der Waals surface area contributed by atoms with Gasteiger partial charge < -0.3 is 10.6 Å². The second-order valence-corrected chi connectivity index (χ2v) is 5.85. The van der Waals surface area contributed by atoms with E-state index in [4.69, 9.17) is 0 Å². The zero-order valence-electron chi connectivity index (χ0n) is 13.1. The lowest BCUT2D eigenvalue weighted by Gasteiger charge is -2.17. The van der Waals surface area contributed by atoms with Gasteiger partial charge >= 0.3 is 6.03 Å². The summed E-state index contributed by atoms with van der Waals surface area (Å²) in [6, 6.07) is 14.5. The molecule has 22 heavy (non-hydrogen) atoms. The number of hydrogen-bond acceptors (Lipinski definition) is 1. The third-order valence-electron chi connectivity index (χ3n) is 4.42. The van der Waals surface area contributed by atoms with Crippen molar-refractivity contribution in [2.75, 3.05) is 5.32 Å². The summed E-state index contributed by atoms with van der Waals surface area (Å²) in [5.74, 6) is 0. The highest BCUT2D eigenvalue weighted by Gasteiger charge is 2.23. The highest BCUT2D eigenvalue weighted by Crippen LogP contribution is 2.31. The Morgan fingerprint density at radius 1 is 1.18 bits per heavy atom. The zero-order chi connectivity index (χ0) is 15.5. The van der Waals surface area contributed by atoms with Crippen LogP contribution in [0, 0.1) is 6.92 Å². The molecule has 2 aromatic carbocycles. The summed E-state index contributed by atoms with van der Waals surface area (Å²) in [6.07, 6.45) is 2.91. The molecule has 0 saturated heterocycles. The Morgan fingerprint density at radius 3 is 2.82 bits per heavy atom. The number of anilines is 1. The molecule has 0 radical (unpaired) electrons. The van der Waals surface area contributed by atoms with E-state index in [2.05, 4.69) is 41.8 Å². The van der Waals surface area contributed by atoms with Crippen LogP contribution in [0.15, 0.2) is 42.5 Å². The highest BCUT2D eigenvalue weighted by atomic mass is 16.2. The summed E-state index contributed by atoms with van der Waals surface area (Å²) in [7, 11) is 0. The molecule has 1 aliphatic rings. The Morgan fingerprint density at radius 2 is 2.00 bits per heavy atom. The zero-order valence-corrected chi connectivity index (χ0v) is 13.1. The number of benzene rings is 2. The lowest BCUT2D eigenvalue weighted by Crippen LogP contribution is -2.32. The van der Waals surface area contributed by atoms with Crippen LogP contribution >= 0.6 is 0 Å². The van der Waals surface area contributed by atoms with Gasteiger partial charge in [0, 0.05) is 5.69 Å². The van der Waals surface area contributed by atoms with Crippen molar-refractivity contribution >= 4 is 11.7 Å². The summed E-state index contributed by atoms with van der Waals surface area (Å²) in [4.78, 5) is 12.4. The van der Waals surface area contributed by atoms with E-state index in [0.717, 1.165) is 30.5 Å². The van der Waals surface area contributed by atoms with Crippen LogP contribution in [0.2, 0.25) is 0 Å². The molecule has 2 aromatic rings. The molecule has 0 aliphatic heterocycles. The summed E-state index contributed by atoms with van der Waals surface area (Å²) in [5, 5.41) is 6.15. The first-order valence-electron chi connectivity index (χ1n) is 7.93. The normalized spacial score (nSPS) is 16.2. The molecule has 1 unspecified atom stereocenters. The Balaban J connectivity index is 1.72. The van der Waals surface area contributed by atoms with Gasteiger partial charge in [-0.1, -0.05) is 49.4 Å². The largest absolute Gasteiger partial charge is 0.331 e. The van der Waals surface area contributed by atoms with Crippen molar-refractivity contribution in [1.29, 1.82) is 0 Å². The first-order valence-corrected chi connectivity index (χ1v) is 7.93. The van der Waals surface area contributed by atoms with E-state index < -0.39 is 0 Å². The van der Waals surface area contributed by atoms with E-state index >= 15 is 0 Å². The topological polar surface area (TPSA) is 41.1 Å². The molecule has 0 fully saturated rings. The number of carbonyl (C=O) groups excluding carboxylic acids is 1. The number of rotatable bonds is 3. The molecular weight excluding hydrogens is 272 g/mol. The fourth-order valence-corrected chi connectivity index (χ4v) is 3.22. The van der Waals surface area contributed by atoms with Gasteiger partial charge in [0.15, 0.2) is 0 Å². The van der Waals surface area contributed by atoms with E-state index in [1.165, 1.54) is 16.7 Å². The number of hydrogen-bond donors (Lipinski definition) is 2. The first-order chi connectivity index (χ1) is 10.7. The van der Waals surface area contributed by atoms with Gasteiger partial charge in [0.25, 0.3) is 0 Å². The van der Waals surface area contributed by atoms with E-state index in [9.17, 15) is 4.79 Å². The number of urea groups is 1. The summed E-state index contributed by atoms with van der Waals surface area (Å²) in [6.45, 7) is 4.13. The van der Waals surface area contributed by atoms with E-state index in [0.29, 0.717) is 0 Å². The van der Waals surface area contributed by atoms with Gasteiger partial charge in [0.2, 0.25) is 0 Å². The van der Waals surface area contributed by atoms with Gasteiger partial charge in [-0.15, -0.1) is 0 Å². The minimum Gasteiger partial charge on any atom is -0.331 e. The van der Waals surface area contributed by atoms with Crippen molar-refractivity contribution in [2.24, 2.45) is 0 Å². The SMILES string of the molecule is CCc1cccc(C)c1NC(=O)NC1CCc2ccccc21. The molecule has 1 atom stereocenters. The number of para-hydroxylation sites is 1. The lowest BCUT2D eigenvalue weighted by molar-refractivity contribution is 0.248. The molecule has 0 heterocycles. The van der Waals surface area contributed by atoms with Gasteiger partial charge in [-0.2, -0.15) is 0 Å². The standard InChI is InChI=1S/C19H22N2O/c1-3-14-9-6-7-13(2)18(14)21-19(22)20-17-12-11-15-8-4-5-10-16(15)17/h4-10,17H,3,11-12H2,1-2H3,(H2,20,21,22). The van der Waals surface area contributed by atoms with Crippen LogP contribution in [0.25, 0.3) is 0 Å². The van der Waals surface area contributed by atoms with Gasteiger partial charge in [-0.25, -0.2) is 4.79 Å². The van der Waals surface area contributed by atoms with Crippen LogP contribution < -0.4 is 10.6 Å². The average Bonchev–Trinajstić information content (AvgIpc) is 2.92. The highest BCUT2D eigenvalue weighted by molar-refractivity contribution is 5.91. The molecule has 3 heteroatoms. The number of carbonyl (C=O) groups is 1. The summed E-state index contributed by atoms with van der Waals surface area (Å²) in [5.41, 5.74) is 5.80. The fourth-order valence-electron chi connectivity index (χ4n) is 3.22. The molecule has 2 N–H and O–H groups in total. The monoisotopic (exact) mass is 294 g/mol. The molecule has 0 bridgehead atoms. The van der Waals surface area contributed by atoms with Crippen LogP contribution in [0.1, 0.15) is 41.6 Å². The van der Waals surface area contributed by atoms with Crippen molar-refractivity contribution in [3.8, 4) is 0 Å². The summed E-state index contributed by atoms with van der Waals surface area (Å²) < 4.78 is 0. The third kappa shape index (κ3) is 2.84. The van der Waals surface area contributed by atoms with Crippen LogP contribution in [0.3, 0.4) is 0 Å². The van der Waals surface area contributed by atoms with Gasteiger partial charge in [0.05, 0.1) is 6.04 Å². The molecule has 3 nitrogen and oxygen atoms in total. The maximum absolute atomic E-state index is 12.4. The first kappa shape index (κ1) is 14.6. The minimum atomic E-state index is -0.120. The van der Waals surface area contributed by atoms with Gasteiger partial charge in [-0.05, 0) is 48.4 Å². The predicted molar refractivity (Wildman–Crippen MR) is 90.2 cm³/mol. The molecule has 1 aliphatic carbocycles. The van der Waals surface area contributed by atoms with Crippen molar-refractivity contribution < 1.29 is 4.79 Å². The Bertz CT molecular complexity index is 694. The fraction of sp³-hybridized carbons (Fsp3) is 0.316. The molecule has 3 rings (SSSR count). The van der Waals surface area contributed by atoms with Gasteiger partial charge in [-0.3, -0.25) is 0 Å². The average molecular weight is 294 g/mol. The minimum absolute atomic E-state index is 0.116. The molecule has 2 amide bonds. The van der Waals surface area contributed by atoms with Crippen molar-refractivity contribution in [3.63, 3.8) is 0 Å². The third-order valence-corrected chi connectivity index (χ3v) is 4.42. The van der Waals surface area contributed by atoms with Crippen LogP contribution in [0.5, 0.6) is 0 Å². The smallest absolute Gasteiger partial charge is 0.319 e. The van der Waals surface area contributed by atoms with E-state index in [1.54, 1.807) is 0 Å². The van der Waals surface area contributed by atoms with E-state index in [1.807, 2.05) is 25.1 Å². The molecule has 0 aromatic heterocycles. The second kappa shape index (κ2) is 6.22. The number of fused-ring (bicyclic) bond motifs is 1. The van der Waals surface area contributed by atoms with Crippen molar-refractivity contribution in [2.45, 2.75) is 39.2 Å². The molecule has 114 valence electrons. The van der Waals surface area contributed by atoms with Crippen LogP contribution in [-0.2, 0) is 12.8 Å². The molecular formula is C19H22N2O. The lowest BCUT2D eigenvalue weighted by atomic mass is 10.1. The van der Waals surface area contributed by atoms with Crippen molar-refractivity contribution in [3.05, 3.63) is 64.7 Å². The maximum Gasteiger partial charge on any atom is 0.319 e.